The van der Waals surface area contributed by atoms with Crippen molar-refractivity contribution < 1.29 is 5.73 Å². The van der Waals surface area contributed by atoms with Gasteiger partial charge in [-0.05, 0) is 5.56 Å². The van der Waals surface area contributed by atoms with Gasteiger partial charge in [-0.25, -0.2) is 0 Å². The number of hydrogen-bond acceptors (Lipinski definition) is 0. The molecule has 0 spiro atoms. The fourth-order valence-electron chi connectivity index (χ4n) is 0.849. The molecule has 0 heterocycles. The maximum atomic E-state index is 3.78. The second kappa shape index (κ2) is 10.6. The molecular weight excluding hydrogens is 571 g/mol. The van der Waals surface area contributed by atoms with Crippen molar-refractivity contribution in [2.24, 2.45) is 0 Å². The summed E-state index contributed by atoms with van der Waals surface area (Å²) in [7, 11) is 0. The summed E-state index contributed by atoms with van der Waals surface area (Å²) >= 11 is 4.96. The smallest absolute Gasteiger partial charge is 0.0780 e. The first-order chi connectivity index (χ1) is 5.85. The number of hydrogen-bond donors (Lipinski definition) is 1. The van der Waals surface area contributed by atoms with E-state index in [1.165, 1.54) is 5.56 Å². The Kier molecular flexibility index (Phi) is 12.0. The summed E-state index contributed by atoms with van der Waals surface area (Å²) in [5.74, 6) is 0. The molecule has 0 aliphatic rings. The van der Waals surface area contributed by atoms with E-state index in [0.29, 0.717) is 0 Å². The number of halogens is 2. The van der Waals surface area contributed by atoms with Crippen molar-refractivity contribution in [2.75, 3.05) is 6.54 Å². The molecule has 0 atom stereocenters. The summed E-state index contributed by atoms with van der Waals surface area (Å²) in [5, 5.41) is 0. The molecule has 1 aromatic carbocycles. The third-order valence-electron chi connectivity index (χ3n) is 1.31. The zero-order valence-corrected chi connectivity index (χ0v) is 15.0. The van der Waals surface area contributed by atoms with Crippen molar-refractivity contribution in [3.05, 3.63) is 35.9 Å². The Labute approximate surface area is 104 Å². The molecule has 12 heavy (non-hydrogen) atoms. The average molecular weight is 583 g/mol. The van der Waals surface area contributed by atoms with Gasteiger partial charge >= 0.3 is 51.2 Å². The first-order valence-electron chi connectivity index (χ1n) is 3.64. The van der Waals surface area contributed by atoms with E-state index in [-0.39, 0.29) is 15.6 Å². The van der Waals surface area contributed by atoms with Crippen LogP contribution in [0.15, 0.2) is 30.3 Å². The van der Waals surface area contributed by atoms with Gasteiger partial charge in [-0.1, -0.05) is 30.3 Å². The van der Waals surface area contributed by atoms with E-state index < -0.39 is 0 Å². The first kappa shape index (κ1) is 13.6. The molecule has 0 bridgehead atoms. The van der Waals surface area contributed by atoms with E-state index in [0.717, 1.165) is 13.0 Å². The van der Waals surface area contributed by atoms with Gasteiger partial charge < -0.3 is 5.73 Å². The minimum atomic E-state index is 0.0233. The zero-order valence-electron chi connectivity index (χ0n) is 6.76. The molecule has 0 aliphatic carbocycles. The monoisotopic (exact) mass is 584 g/mol. The normalized spacial score (nSPS) is 8.58. The maximum Gasteiger partial charge on any atom is 0.0780 e. The van der Waals surface area contributed by atoms with E-state index in [4.69, 9.17) is 0 Å². The van der Waals surface area contributed by atoms with Crippen LogP contribution in [-0.4, -0.2) is 22.2 Å². The van der Waals surface area contributed by atoms with Crippen LogP contribution in [0, 0.1) is 0 Å². The Morgan fingerprint density at radius 1 is 1.17 bits per heavy atom. The Morgan fingerprint density at radius 3 is 2.08 bits per heavy atom. The van der Waals surface area contributed by atoms with Crippen LogP contribution in [0.5, 0.6) is 0 Å². The summed E-state index contributed by atoms with van der Waals surface area (Å²) < 4.78 is 0. The van der Waals surface area contributed by atoms with E-state index >= 15 is 0 Å². The van der Waals surface area contributed by atoms with Crippen LogP contribution in [0.3, 0.4) is 0 Å². The van der Waals surface area contributed by atoms with Gasteiger partial charge in [0, 0.05) is 6.42 Å². The Balaban J connectivity index is 0.000000354. The van der Waals surface area contributed by atoms with Gasteiger partial charge in [0.1, 0.15) is 0 Å². The van der Waals surface area contributed by atoms with Gasteiger partial charge in [0.2, 0.25) is 0 Å². The van der Waals surface area contributed by atoms with Crippen LogP contribution in [0.2, 0.25) is 0 Å². The summed E-state index contributed by atoms with van der Waals surface area (Å²) in [6.07, 6.45) is 1.10. The topological polar surface area (TPSA) is 27.6 Å². The van der Waals surface area contributed by atoms with Gasteiger partial charge in [0.15, 0.2) is 0 Å². The van der Waals surface area contributed by atoms with Crippen LogP contribution in [0.25, 0.3) is 0 Å². The molecule has 0 amide bonds. The molecule has 1 nitrogen and oxygen atoms in total. The molecule has 1 rings (SSSR count). The molecule has 2 radical (unpaired) electrons. The number of benzene rings is 1. The van der Waals surface area contributed by atoms with Crippen molar-refractivity contribution in [1.29, 1.82) is 0 Å². The molecule has 3 N–H and O–H groups in total. The van der Waals surface area contributed by atoms with Crippen molar-refractivity contribution in [3.8, 4) is 0 Å². The minimum absolute atomic E-state index is 0.0233. The van der Waals surface area contributed by atoms with E-state index in [9.17, 15) is 0 Å². The van der Waals surface area contributed by atoms with Gasteiger partial charge in [-0.2, -0.15) is 0 Å². The summed E-state index contributed by atoms with van der Waals surface area (Å²) in [6, 6.07) is 10.4. The average Bonchev–Trinajstić information content (AvgIpc) is 2.08. The molecule has 0 unspecified atom stereocenters. The molecule has 1 aromatic rings. The minimum Gasteiger partial charge on any atom is -0.357 e. The third kappa shape index (κ3) is 8.17. The SMILES string of the molecule is [I][Pb][I].[NH3+]CCc1ccccc1. The summed E-state index contributed by atoms with van der Waals surface area (Å²) in [4.78, 5) is 0. The van der Waals surface area contributed by atoms with Gasteiger partial charge in [0.05, 0.1) is 6.54 Å². The number of rotatable bonds is 2. The second-order valence-electron chi connectivity index (χ2n) is 2.16. The molecule has 0 aromatic heterocycles. The second-order valence-corrected chi connectivity index (χ2v) is 30.3. The predicted molar refractivity (Wildman–Crippen MR) is 71.7 cm³/mol. The zero-order chi connectivity index (χ0) is 9.23. The molecular formula is C8H12I2NPb+. The maximum absolute atomic E-state index is 3.78. The van der Waals surface area contributed by atoms with E-state index in [2.05, 4.69) is 65.5 Å². The largest absolute Gasteiger partial charge is 0.357 e. The fourth-order valence-corrected chi connectivity index (χ4v) is 0.849. The summed E-state index contributed by atoms with van der Waals surface area (Å²) in [5.41, 5.74) is 5.16. The van der Waals surface area contributed by atoms with Crippen LogP contribution < -0.4 is 5.73 Å². The van der Waals surface area contributed by atoms with Crippen LogP contribution in [0.1, 0.15) is 5.56 Å². The molecule has 66 valence electrons. The van der Waals surface area contributed by atoms with Crippen LogP contribution >= 0.6 is 35.5 Å². The summed E-state index contributed by atoms with van der Waals surface area (Å²) in [6.45, 7) is 0.990. The number of quaternary nitrogens is 1. The van der Waals surface area contributed by atoms with Crippen molar-refractivity contribution in [2.45, 2.75) is 6.42 Å². The molecule has 0 saturated carbocycles. The van der Waals surface area contributed by atoms with Crippen molar-refractivity contribution >= 4 is 51.2 Å². The van der Waals surface area contributed by atoms with Crippen molar-refractivity contribution in [1.82, 2.24) is 0 Å². The van der Waals surface area contributed by atoms with E-state index in [1.807, 2.05) is 6.07 Å². The Hall–Kier alpha value is 1.56. The predicted octanol–water partition coefficient (Wildman–Crippen LogP) is 1.86. The van der Waals surface area contributed by atoms with Crippen LogP contribution in [0.4, 0.5) is 0 Å². The van der Waals surface area contributed by atoms with Gasteiger partial charge in [0.25, 0.3) is 0 Å². The van der Waals surface area contributed by atoms with Crippen LogP contribution in [-0.2, 0) is 6.42 Å². The third-order valence-corrected chi connectivity index (χ3v) is 1.31. The quantitative estimate of drug-likeness (QED) is 0.407. The van der Waals surface area contributed by atoms with Gasteiger partial charge in [-0.15, -0.1) is 0 Å². The van der Waals surface area contributed by atoms with Gasteiger partial charge in [-0.3, -0.25) is 0 Å². The Bertz CT molecular complexity index is 182. The standard InChI is InChI=1S/C8H11N.2HI.Pb/c9-7-6-8-4-2-1-3-5-8;;;/h1-5H,6-7,9H2;2*1H;/q;;;+2/p-1. The van der Waals surface area contributed by atoms with Crippen molar-refractivity contribution in [3.63, 3.8) is 0 Å². The Morgan fingerprint density at radius 2 is 1.67 bits per heavy atom. The molecule has 0 saturated heterocycles. The van der Waals surface area contributed by atoms with E-state index in [1.54, 1.807) is 0 Å². The molecule has 0 aliphatic heterocycles. The molecule has 0 fully saturated rings. The fraction of sp³-hybridized carbons (Fsp3) is 0.250. The first-order valence-corrected chi connectivity index (χ1v) is 25.5. The molecule has 4 heteroatoms.